The van der Waals surface area contributed by atoms with E-state index in [1.54, 1.807) is 0 Å². The number of hydrogen-bond donors (Lipinski definition) is 1. The number of primary amides is 1. The van der Waals surface area contributed by atoms with Gasteiger partial charge in [-0.25, -0.2) is 4.98 Å². The van der Waals surface area contributed by atoms with E-state index in [4.69, 9.17) is 10.5 Å². The van der Waals surface area contributed by atoms with Crippen molar-refractivity contribution < 1.29 is 9.53 Å². The minimum Gasteiger partial charge on any atom is -0.373 e. The normalized spacial score (nSPS) is 19.4. The molecule has 1 amide bonds. The Hall–Kier alpha value is -1.66. The largest absolute Gasteiger partial charge is 0.373 e. The maximum absolute atomic E-state index is 10.9. The summed E-state index contributed by atoms with van der Waals surface area (Å²) in [7, 11) is 1.87. The van der Waals surface area contributed by atoms with Crippen LogP contribution in [0, 0.1) is 6.92 Å². The lowest BCUT2D eigenvalue weighted by molar-refractivity contribution is -0.119. The van der Waals surface area contributed by atoms with Gasteiger partial charge in [0.05, 0.1) is 19.3 Å². The molecule has 0 aromatic carbocycles. The number of anilines is 1. The first-order valence-electron chi connectivity index (χ1n) is 6.81. The van der Waals surface area contributed by atoms with E-state index in [0.717, 1.165) is 24.6 Å². The first-order valence-corrected chi connectivity index (χ1v) is 6.81. The van der Waals surface area contributed by atoms with Crippen molar-refractivity contribution in [1.29, 1.82) is 0 Å². The Morgan fingerprint density at radius 1 is 1.60 bits per heavy atom. The van der Waals surface area contributed by atoms with Crippen LogP contribution in [0.2, 0.25) is 0 Å². The summed E-state index contributed by atoms with van der Waals surface area (Å²) in [5.74, 6) is 0.663. The summed E-state index contributed by atoms with van der Waals surface area (Å²) in [5.41, 5.74) is 6.20. The highest BCUT2D eigenvalue weighted by molar-refractivity contribution is 5.75. The molecule has 20 heavy (non-hydrogen) atoms. The van der Waals surface area contributed by atoms with Crippen LogP contribution in [0.3, 0.4) is 0 Å². The summed E-state index contributed by atoms with van der Waals surface area (Å²) in [5, 5.41) is 0. The number of likely N-dealkylation sites (N-methyl/N-ethyl adjacent to an activating group) is 1. The highest BCUT2D eigenvalue weighted by Gasteiger charge is 2.23. The van der Waals surface area contributed by atoms with Crippen LogP contribution in [0.5, 0.6) is 0 Å². The maximum Gasteiger partial charge on any atom is 0.231 e. The molecule has 1 saturated heterocycles. The van der Waals surface area contributed by atoms with Crippen LogP contribution in [0.4, 0.5) is 5.82 Å². The van der Waals surface area contributed by atoms with Gasteiger partial charge in [-0.2, -0.15) is 0 Å². The maximum atomic E-state index is 10.9. The molecule has 1 aromatic heterocycles. The number of carbonyl (C=O) groups is 1. The molecular weight excluding hydrogens is 256 g/mol. The Balaban J connectivity index is 1.93. The van der Waals surface area contributed by atoms with Crippen LogP contribution in [-0.4, -0.2) is 61.7 Å². The zero-order valence-corrected chi connectivity index (χ0v) is 12.1. The highest BCUT2D eigenvalue weighted by atomic mass is 16.5. The van der Waals surface area contributed by atoms with Gasteiger partial charge in [-0.05, 0) is 26.1 Å². The number of ether oxygens (including phenoxy) is 1. The molecule has 6 nitrogen and oxygen atoms in total. The van der Waals surface area contributed by atoms with Gasteiger partial charge in [-0.3, -0.25) is 9.69 Å². The fourth-order valence-corrected chi connectivity index (χ4v) is 2.42. The predicted molar refractivity (Wildman–Crippen MR) is 77.6 cm³/mol. The summed E-state index contributed by atoms with van der Waals surface area (Å²) >= 11 is 0. The molecule has 1 aliphatic heterocycles. The van der Waals surface area contributed by atoms with Gasteiger partial charge in [-0.1, -0.05) is 6.07 Å². The van der Waals surface area contributed by atoms with E-state index in [1.807, 2.05) is 37.1 Å². The lowest BCUT2D eigenvalue weighted by Gasteiger charge is -2.35. The molecule has 0 spiro atoms. The zero-order valence-electron chi connectivity index (χ0n) is 12.1. The number of pyridine rings is 1. The van der Waals surface area contributed by atoms with E-state index >= 15 is 0 Å². The molecule has 0 bridgehead atoms. The standard InChI is InChI=1S/C14H22N4O2/c1-11-4-3-5-14(16-11)18-6-7-20-12(9-18)8-17(2)10-13(15)19/h3-5,12H,6-10H2,1-2H3,(H2,15,19). The van der Waals surface area contributed by atoms with Crippen molar-refractivity contribution in [2.45, 2.75) is 13.0 Å². The molecule has 1 aromatic rings. The highest BCUT2D eigenvalue weighted by Crippen LogP contribution is 2.16. The average molecular weight is 278 g/mol. The Labute approximate surface area is 119 Å². The predicted octanol–water partition coefficient (Wildman–Crippen LogP) is 0.0123. The lowest BCUT2D eigenvalue weighted by atomic mass is 10.2. The molecule has 1 atom stereocenters. The van der Waals surface area contributed by atoms with Crippen molar-refractivity contribution >= 4 is 11.7 Å². The van der Waals surface area contributed by atoms with E-state index in [2.05, 4.69) is 9.88 Å². The van der Waals surface area contributed by atoms with Crippen molar-refractivity contribution in [3.63, 3.8) is 0 Å². The quantitative estimate of drug-likeness (QED) is 0.821. The second kappa shape index (κ2) is 6.67. The SMILES string of the molecule is Cc1cccc(N2CCOC(CN(C)CC(N)=O)C2)n1. The van der Waals surface area contributed by atoms with Crippen molar-refractivity contribution in [3.05, 3.63) is 23.9 Å². The van der Waals surface area contributed by atoms with Crippen LogP contribution < -0.4 is 10.6 Å². The molecule has 110 valence electrons. The van der Waals surface area contributed by atoms with E-state index < -0.39 is 0 Å². The van der Waals surface area contributed by atoms with Crippen LogP contribution in [-0.2, 0) is 9.53 Å². The molecule has 0 radical (unpaired) electrons. The minimum atomic E-state index is -0.319. The zero-order chi connectivity index (χ0) is 14.5. The molecular formula is C14H22N4O2. The Bertz CT molecular complexity index is 466. The van der Waals surface area contributed by atoms with Crippen molar-refractivity contribution in [1.82, 2.24) is 9.88 Å². The third-order valence-electron chi connectivity index (χ3n) is 3.28. The molecule has 0 aliphatic carbocycles. The lowest BCUT2D eigenvalue weighted by Crippen LogP contribution is -2.48. The number of carbonyl (C=O) groups excluding carboxylic acids is 1. The van der Waals surface area contributed by atoms with Gasteiger partial charge in [0, 0.05) is 25.3 Å². The number of morpholine rings is 1. The van der Waals surface area contributed by atoms with Crippen molar-refractivity contribution in [2.24, 2.45) is 5.73 Å². The second-order valence-corrected chi connectivity index (χ2v) is 5.24. The van der Waals surface area contributed by atoms with Crippen LogP contribution in [0.1, 0.15) is 5.69 Å². The van der Waals surface area contributed by atoms with Gasteiger partial charge in [0.1, 0.15) is 5.82 Å². The fourth-order valence-electron chi connectivity index (χ4n) is 2.42. The fraction of sp³-hybridized carbons (Fsp3) is 0.571. The minimum absolute atomic E-state index is 0.0652. The molecule has 1 unspecified atom stereocenters. The smallest absolute Gasteiger partial charge is 0.231 e. The Morgan fingerprint density at radius 3 is 3.10 bits per heavy atom. The average Bonchev–Trinajstić information content (AvgIpc) is 2.38. The van der Waals surface area contributed by atoms with E-state index in [0.29, 0.717) is 13.2 Å². The molecule has 2 heterocycles. The number of aromatic nitrogens is 1. The van der Waals surface area contributed by atoms with E-state index in [9.17, 15) is 4.79 Å². The first-order chi connectivity index (χ1) is 9.54. The van der Waals surface area contributed by atoms with Crippen LogP contribution in [0.25, 0.3) is 0 Å². The molecule has 2 rings (SSSR count). The van der Waals surface area contributed by atoms with Gasteiger partial charge in [0.15, 0.2) is 0 Å². The number of amides is 1. The Kier molecular flexibility index (Phi) is 4.92. The van der Waals surface area contributed by atoms with Gasteiger partial charge >= 0.3 is 0 Å². The molecule has 6 heteroatoms. The summed E-state index contributed by atoms with van der Waals surface area (Å²) < 4.78 is 5.75. The first kappa shape index (κ1) is 14.7. The summed E-state index contributed by atoms with van der Waals surface area (Å²) in [6.45, 7) is 5.21. The molecule has 2 N–H and O–H groups in total. The van der Waals surface area contributed by atoms with Crippen LogP contribution in [0.15, 0.2) is 18.2 Å². The number of aryl methyl sites for hydroxylation is 1. The summed E-state index contributed by atoms with van der Waals surface area (Å²) in [6.07, 6.45) is 0.0652. The number of nitrogens with zero attached hydrogens (tertiary/aromatic N) is 3. The molecule has 1 fully saturated rings. The van der Waals surface area contributed by atoms with Gasteiger partial charge in [0.2, 0.25) is 5.91 Å². The third-order valence-corrected chi connectivity index (χ3v) is 3.28. The van der Waals surface area contributed by atoms with E-state index in [-0.39, 0.29) is 18.6 Å². The summed E-state index contributed by atoms with van der Waals surface area (Å²) in [6, 6.07) is 6.02. The molecule has 0 saturated carbocycles. The monoisotopic (exact) mass is 278 g/mol. The van der Waals surface area contributed by atoms with Crippen LogP contribution >= 0.6 is 0 Å². The second-order valence-electron chi connectivity index (χ2n) is 5.24. The van der Waals surface area contributed by atoms with Crippen molar-refractivity contribution in [3.8, 4) is 0 Å². The third kappa shape index (κ3) is 4.18. The molecule has 1 aliphatic rings. The van der Waals surface area contributed by atoms with Gasteiger partial charge in [-0.15, -0.1) is 0 Å². The summed E-state index contributed by atoms with van der Waals surface area (Å²) in [4.78, 5) is 19.5. The Morgan fingerprint density at radius 2 is 2.40 bits per heavy atom. The number of rotatable bonds is 5. The number of nitrogens with two attached hydrogens (primary N) is 1. The number of hydrogen-bond acceptors (Lipinski definition) is 5. The van der Waals surface area contributed by atoms with Gasteiger partial charge in [0.25, 0.3) is 0 Å². The van der Waals surface area contributed by atoms with Crippen molar-refractivity contribution in [2.75, 3.05) is 44.7 Å². The van der Waals surface area contributed by atoms with E-state index in [1.165, 1.54) is 0 Å². The van der Waals surface area contributed by atoms with Gasteiger partial charge < -0.3 is 15.4 Å². The topological polar surface area (TPSA) is 71.7 Å².